The van der Waals surface area contributed by atoms with Crippen molar-refractivity contribution in [1.29, 1.82) is 0 Å². The van der Waals surface area contributed by atoms with E-state index in [4.69, 9.17) is 5.73 Å². The van der Waals surface area contributed by atoms with E-state index in [-0.39, 0.29) is 0 Å². The molecule has 0 aromatic heterocycles. The Bertz CT molecular complexity index is 223. The summed E-state index contributed by atoms with van der Waals surface area (Å²) in [5.41, 5.74) is 6.42. The van der Waals surface area contributed by atoms with E-state index in [1.54, 1.807) is 0 Å². The summed E-state index contributed by atoms with van der Waals surface area (Å²) in [6.45, 7) is 8.46. The minimum atomic E-state index is 0.427. The van der Waals surface area contributed by atoms with E-state index in [9.17, 15) is 0 Å². The summed E-state index contributed by atoms with van der Waals surface area (Å²) in [5.74, 6) is 2.55. The van der Waals surface area contributed by atoms with E-state index < -0.39 is 0 Å². The van der Waals surface area contributed by atoms with Crippen LogP contribution in [0, 0.1) is 17.8 Å². The van der Waals surface area contributed by atoms with E-state index >= 15 is 0 Å². The van der Waals surface area contributed by atoms with Crippen LogP contribution in [0.5, 0.6) is 0 Å². The highest BCUT2D eigenvalue weighted by Gasteiger charge is 2.26. The van der Waals surface area contributed by atoms with Crippen LogP contribution in [0.1, 0.15) is 52.4 Å². The molecule has 0 aromatic rings. The minimum Gasteiger partial charge on any atom is -0.326 e. The molecule has 2 heteroatoms. The Hall–Kier alpha value is -0.0800. The van der Waals surface area contributed by atoms with Gasteiger partial charge in [-0.15, -0.1) is 0 Å². The molecule has 2 N–H and O–H groups in total. The molecule has 2 fully saturated rings. The smallest absolute Gasteiger partial charge is 0.0196 e. The van der Waals surface area contributed by atoms with Crippen LogP contribution in [0.25, 0.3) is 0 Å². The summed E-state index contributed by atoms with van der Waals surface area (Å²) >= 11 is 0. The normalized spacial score (nSPS) is 34.8. The monoisotopic (exact) mass is 238 g/mol. The number of hydrogen-bond acceptors (Lipinski definition) is 2. The van der Waals surface area contributed by atoms with Crippen molar-refractivity contribution >= 4 is 0 Å². The largest absolute Gasteiger partial charge is 0.326 e. The molecule has 0 radical (unpaired) electrons. The molecule has 1 heterocycles. The summed E-state index contributed by atoms with van der Waals surface area (Å²) < 4.78 is 0. The van der Waals surface area contributed by atoms with Gasteiger partial charge in [-0.05, 0) is 43.6 Å². The molecule has 0 bridgehead atoms. The molecule has 0 aromatic carbocycles. The third kappa shape index (κ3) is 3.69. The first-order valence-corrected chi connectivity index (χ1v) is 7.64. The number of piperidine rings is 1. The molecular weight excluding hydrogens is 208 g/mol. The second-order valence-corrected chi connectivity index (χ2v) is 6.56. The van der Waals surface area contributed by atoms with E-state index in [2.05, 4.69) is 18.7 Å². The van der Waals surface area contributed by atoms with Crippen LogP contribution in [0.2, 0.25) is 0 Å². The number of likely N-dealkylation sites (tertiary alicyclic amines) is 1. The van der Waals surface area contributed by atoms with Crippen molar-refractivity contribution in [2.75, 3.05) is 19.6 Å². The molecule has 1 aliphatic carbocycles. The van der Waals surface area contributed by atoms with Crippen molar-refractivity contribution < 1.29 is 0 Å². The lowest BCUT2D eigenvalue weighted by molar-refractivity contribution is 0.118. The van der Waals surface area contributed by atoms with Gasteiger partial charge in [0.15, 0.2) is 0 Å². The molecule has 1 saturated heterocycles. The molecule has 2 aliphatic rings. The van der Waals surface area contributed by atoms with Gasteiger partial charge in [-0.1, -0.05) is 33.1 Å². The van der Waals surface area contributed by atoms with Crippen LogP contribution in [-0.4, -0.2) is 30.6 Å². The number of nitrogens with zero attached hydrogens (tertiary/aromatic N) is 1. The van der Waals surface area contributed by atoms with Crippen molar-refractivity contribution in [3.63, 3.8) is 0 Å². The fraction of sp³-hybridized carbons (Fsp3) is 1.00. The fourth-order valence-corrected chi connectivity index (χ4v) is 3.52. The number of nitrogens with two attached hydrogens (primary N) is 1. The van der Waals surface area contributed by atoms with Gasteiger partial charge in [0.25, 0.3) is 0 Å². The molecule has 3 unspecified atom stereocenters. The first-order chi connectivity index (χ1) is 8.16. The van der Waals surface area contributed by atoms with Gasteiger partial charge in [0.05, 0.1) is 0 Å². The number of hydrogen-bond donors (Lipinski definition) is 1. The standard InChI is InChI=1S/C15H30N2/c1-12-8-9-17(10-13(12)2)11-15(16)14-6-4-3-5-7-14/h12-15H,3-11,16H2,1-2H3. The second-order valence-electron chi connectivity index (χ2n) is 6.56. The van der Waals surface area contributed by atoms with Gasteiger partial charge < -0.3 is 10.6 Å². The third-order valence-electron chi connectivity index (χ3n) is 5.14. The predicted octanol–water partition coefficient (Wildman–Crippen LogP) is 2.87. The molecule has 0 amide bonds. The van der Waals surface area contributed by atoms with Crippen molar-refractivity contribution in [3.05, 3.63) is 0 Å². The molecule has 17 heavy (non-hydrogen) atoms. The molecule has 1 aliphatic heterocycles. The second kappa shape index (κ2) is 6.19. The maximum Gasteiger partial charge on any atom is 0.0196 e. The van der Waals surface area contributed by atoms with Crippen LogP contribution in [-0.2, 0) is 0 Å². The van der Waals surface area contributed by atoms with Gasteiger partial charge in [0.1, 0.15) is 0 Å². The lowest BCUT2D eigenvalue weighted by Crippen LogP contribution is -2.47. The minimum absolute atomic E-state index is 0.427. The number of rotatable bonds is 3. The topological polar surface area (TPSA) is 29.3 Å². The Morgan fingerprint density at radius 1 is 1.06 bits per heavy atom. The molecule has 2 rings (SSSR count). The highest BCUT2D eigenvalue weighted by molar-refractivity contribution is 4.82. The van der Waals surface area contributed by atoms with E-state index in [1.807, 2.05) is 0 Å². The van der Waals surface area contributed by atoms with Crippen molar-refractivity contribution in [3.8, 4) is 0 Å². The average Bonchev–Trinajstić information content (AvgIpc) is 2.35. The Morgan fingerprint density at radius 3 is 2.41 bits per heavy atom. The van der Waals surface area contributed by atoms with Gasteiger partial charge in [-0.3, -0.25) is 0 Å². The van der Waals surface area contributed by atoms with Crippen LogP contribution in [0.15, 0.2) is 0 Å². The Balaban J connectivity index is 1.76. The van der Waals surface area contributed by atoms with Crippen molar-refractivity contribution in [1.82, 2.24) is 4.90 Å². The molecule has 0 spiro atoms. The maximum atomic E-state index is 6.42. The lowest BCUT2D eigenvalue weighted by atomic mass is 9.83. The Labute approximate surface area is 107 Å². The zero-order valence-electron chi connectivity index (χ0n) is 11.7. The quantitative estimate of drug-likeness (QED) is 0.819. The van der Waals surface area contributed by atoms with Crippen LogP contribution < -0.4 is 5.73 Å². The lowest BCUT2D eigenvalue weighted by Gasteiger charge is -2.38. The van der Waals surface area contributed by atoms with Crippen LogP contribution >= 0.6 is 0 Å². The predicted molar refractivity (Wildman–Crippen MR) is 73.9 cm³/mol. The Kier molecular flexibility index (Phi) is 4.87. The zero-order valence-corrected chi connectivity index (χ0v) is 11.7. The summed E-state index contributed by atoms with van der Waals surface area (Å²) in [5, 5.41) is 0. The van der Waals surface area contributed by atoms with Crippen molar-refractivity contribution in [2.24, 2.45) is 23.5 Å². The maximum absolute atomic E-state index is 6.42. The summed E-state index contributed by atoms with van der Waals surface area (Å²) in [6, 6.07) is 0.427. The molecule has 1 saturated carbocycles. The first kappa shape index (κ1) is 13.4. The SMILES string of the molecule is CC1CCN(CC(N)C2CCCCC2)CC1C. The summed E-state index contributed by atoms with van der Waals surface area (Å²) in [4.78, 5) is 2.62. The molecule has 2 nitrogen and oxygen atoms in total. The molecule has 3 atom stereocenters. The zero-order chi connectivity index (χ0) is 12.3. The van der Waals surface area contributed by atoms with E-state index in [1.165, 1.54) is 51.6 Å². The van der Waals surface area contributed by atoms with Crippen LogP contribution in [0.4, 0.5) is 0 Å². The Morgan fingerprint density at radius 2 is 1.76 bits per heavy atom. The third-order valence-corrected chi connectivity index (χ3v) is 5.14. The molecule has 100 valence electrons. The van der Waals surface area contributed by atoms with E-state index in [0.717, 1.165) is 24.3 Å². The first-order valence-electron chi connectivity index (χ1n) is 7.64. The van der Waals surface area contributed by atoms with Crippen molar-refractivity contribution in [2.45, 2.75) is 58.4 Å². The van der Waals surface area contributed by atoms with Gasteiger partial charge >= 0.3 is 0 Å². The van der Waals surface area contributed by atoms with Gasteiger partial charge in [-0.2, -0.15) is 0 Å². The molecular formula is C15H30N2. The van der Waals surface area contributed by atoms with Gasteiger partial charge in [0, 0.05) is 19.1 Å². The van der Waals surface area contributed by atoms with E-state index in [0.29, 0.717) is 6.04 Å². The van der Waals surface area contributed by atoms with Gasteiger partial charge in [-0.25, -0.2) is 0 Å². The van der Waals surface area contributed by atoms with Gasteiger partial charge in [0.2, 0.25) is 0 Å². The van der Waals surface area contributed by atoms with Crippen LogP contribution in [0.3, 0.4) is 0 Å². The summed E-state index contributed by atoms with van der Waals surface area (Å²) in [6.07, 6.45) is 8.36. The average molecular weight is 238 g/mol. The highest BCUT2D eigenvalue weighted by Crippen LogP contribution is 2.27. The fourth-order valence-electron chi connectivity index (χ4n) is 3.52. The highest BCUT2D eigenvalue weighted by atomic mass is 15.1. The summed E-state index contributed by atoms with van der Waals surface area (Å²) in [7, 11) is 0.